The van der Waals surface area contributed by atoms with E-state index in [2.05, 4.69) is 15.5 Å². The Morgan fingerprint density at radius 2 is 2.19 bits per heavy atom. The zero-order valence-corrected chi connectivity index (χ0v) is 16.5. The van der Waals surface area contributed by atoms with Gasteiger partial charge < -0.3 is 10.2 Å². The molecule has 1 aromatic carbocycles. The Balaban J connectivity index is 1.69. The minimum absolute atomic E-state index is 0.0316. The SMILES string of the molecule is Cc1ccc(N2C[C@@H](c3nnc(NC(=O)CC(C)C)s3)CC2=O)cc1Cl. The molecular weight excluding hydrogens is 372 g/mol. The molecule has 1 N–H and O–H groups in total. The summed E-state index contributed by atoms with van der Waals surface area (Å²) >= 11 is 7.51. The second kappa shape index (κ2) is 7.72. The first kappa shape index (κ1) is 18.8. The number of amides is 2. The van der Waals surface area contributed by atoms with Crippen LogP contribution in [0, 0.1) is 12.8 Å². The van der Waals surface area contributed by atoms with Crippen LogP contribution in [0.1, 0.15) is 43.2 Å². The van der Waals surface area contributed by atoms with Gasteiger partial charge in [0.2, 0.25) is 16.9 Å². The highest BCUT2D eigenvalue weighted by Crippen LogP contribution is 2.35. The van der Waals surface area contributed by atoms with Crippen molar-refractivity contribution in [2.75, 3.05) is 16.8 Å². The van der Waals surface area contributed by atoms with E-state index in [1.165, 1.54) is 11.3 Å². The van der Waals surface area contributed by atoms with Gasteiger partial charge in [-0.25, -0.2) is 0 Å². The predicted octanol–water partition coefficient (Wildman–Crippen LogP) is 4.01. The van der Waals surface area contributed by atoms with Crippen molar-refractivity contribution in [1.82, 2.24) is 10.2 Å². The van der Waals surface area contributed by atoms with E-state index in [9.17, 15) is 9.59 Å². The van der Waals surface area contributed by atoms with E-state index in [0.29, 0.717) is 29.5 Å². The Kier molecular flexibility index (Phi) is 5.58. The molecule has 2 amide bonds. The standard InChI is InChI=1S/C18H21ClN4O2S/c1-10(2)6-15(24)20-18-22-21-17(26-18)12-7-16(25)23(9-12)13-5-4-11(3)14(19)8-13/h4-5,8,10,12H,6-7,9H2,1-3H3,(H,20,22,24)/t12-/m0/s1. The smallest absolute Gasteiger partial charge is 0.227 e. The third-order valence-corrected chi connectivity index (χ3v) is 5.63. The van der Waals surface area contributed by atoms with Crippen LogP contribution in [0.4, 0.5) is 10.8 Å². The molecule has 1 saturated heterocycles. The van der Waals surface area contributed by atoms with E-state index in [1.807, 2.05) is 39.0 Å². The molecule has 3 rings (SSSR count). The minimum atomic E-state index is -0.0684. The van der Waals surface area contributed by atoms with E-state index >= 15 is 0 Å². The van der Waals surface area contributed by atoms with E-state index in [1.54, 1.807) is 4.90 Å². The van der Waals surface area contributed by atoms with Crippen molar-refractivity contribution in [3.8, 4) is 0 Å². The Morgan fingerprint density at radius 1 is 1.42 bits per heavy atom. The maximum Gasteiger partial charge on any atom is 0.227 e. The number of halogens is 1. The number of rotatable bonds is 5. The van der Waals surface area contributed by atoms with Gasteiger partial charge in [0.15, 0.2) is 0 Å². The van der Waals surface area contributed by atoms with Crippen LogP contribution in [0.2, 0.25) is 5.02 Å². The molecule has 2 aromatic rings. The van der Waals surface area contributed by atoms with Gasteiger partial charge in [0.05, 0.1) is 0 Å². The van der Waals surface area contributed by atoms with E-state index in [0.717, 1.165) is 16.3 Å². The molecule has 0 unspecified atom stereocenters. The summed E-state index contributed by atoms with van der Waals surface area (Å²) in [4.78, 5) is 26.0. The summed E-state index contributed by atoms with van der Waals surface area (Å²) in [5, 5.41) is 12.9. The van der Waals surface area contributed by atoms with Crippen molar-refractivity contribution in [3.63, 3.8) is 0 Å². The maximum atomic E-state index is 12.4. The number of nitrogens with one attached hydrogen (secondary N) is 1. The molecule has 0 bridgehead atoms. The number of aryl methyl sites for hydroxylation is 1. The number of nitrogens with zero attached hydrogens (tertiary/aromatic N) is 3. The fourth-order valence-electron chi connectivity index (χ4n) is 2.86. The molecule has 6 nitrogen and oxygen atoms in total. The van der Waals surface area contributed by atoms with Gasteiger partial charge in [-0.2, -0.15) is 0 Å². The average Bonchev–Trinajstić information content (AvgIpc) is 3.16. The third kappa shape index (κ3) is 4.22. The monoisotopic (exact) mass is 392 g/mol. The highest BCUT2D eigenvalue weighted by molar-refractivity contribution is 7.15. The maximum absolute atomic E-state index is 12.4. The lowest BCUT2D eigenvalue weighted by Gasteiger charge is -2.17. The first-order chi connectivity index (χ1) is 12.3. The molecule has 1 fully saturated rings. The van der Waals surface area contributed by atoms with Crippen molar-refractivity contribution in [2.24, 2.45) is 5.92 Å². The molecule has 1 aliphatic rings. The predicted molar refractivity (Wildman–Crippen MR) is 104 cm³/mol. The minimum Gasteiger partial charge on any atom is -0.312 e. The number of anilines is 2. The average molecular weight is 393 g/mol. The molecule has 0 spiro atoms. The largest absolute Gasteiger partial charge is 0.312 e. The first-order valence-electron chi connectivity index (χ1n) is 8.53. The number of carbonyl (C=O) groups is 2. The van der Waals surface area contributed by atoms with Crippen LogP contribution in [0.15, 0.2) is 18.2 Å². The van der Waals surface area contributed by atoms with Gasteiger partial charge in [-0.3, -0.25) is 9.59 Å². The van der Waals surface area contributed by atoms with Gasteiger partial charge in [0.1, 0.15) is 5.01 Å². The van der Waals surface area contributed by atoms with Crippen molar-refractivity contribution in [2.45, 2.75) is 39.5 Å². The van der Waals surface area contributed by atoms with Gasteiger partial charge in [-0.05, 0) is 30.5 Å². The topological polar surface area (TPSA) is 75.2 Å². The van der Waals surface area contributed by atoms with Crippen molar-refractivity contribution in [3.05, 3.63) is 33.8 Å². The van der Waals surface area contributed by atoms with Crippen LogP contribution >= 0.6 is 22.9 Å². The Morgan fingerprint density at radius 3 is 2.88 bits per heavy atom. The molecule has 1 aromatic heterocycles. The van der Waals surface area contributed by atoms with Crippen LogP contribution in [0.3, 0.4) is 0 Å². The van der Waals surface area contributed by atoms with Crippen LogP contribution < -0.4 is 10.2 Å². The van der Waals surface area contributed by atoms with Crippen LogP contribution in [-0.4, -0.2) is 28.6 Å². The highest BCUT2D eigenvalue weighted by atomic mass is 35.5. The van der Waals surface area contributed by atoms with Gasteiger partial charge in [-0.15, -0.1) is 10.2 Å². The second-order valence-electron chi connectivity index (χ2n) is 6.93. The molecule has 1 aliphatic heterocycles. The van der Waals surface area contributed by atoms with Crippen LogP contribution in [0.25, 0.3) is 0 Å². The Bertz CT molecular complexity index is 836. The van der Waals surface area contributed by atoms with Gasteiger partial charge >= 0.3 is 0 Å². The summed E-state index contributed by atoms with van der Waals surface area (Å²) in [6, 6.07) is 5.62. The van der Waals surface area contributed by atoms with E-state index < -0.39 is 0 Å². The Hall–Kier alpha value is -1.99. The summed E-state index contributed by atoms with van der Waals surface area (Å²) in [7, 11) is 0. The summed E-state index contributed by atoms with van der Waals surface area (Å²) in [5.74, 6) is 0.220. The van der Waals surface area contributed by atoms with Crippen molar-refractivity contribution >= 4 is 45.6 Å². The first-order valence-corrected chi connectivity index (χ1v) is 9.72. The van der Waals surface area contributed by atoms with Gasteiger partial charge in [0.25, 0.3) is 0 Å². The number of hydrogen-bond donors (Lipinski definition) is 1. The summed E-state index contributed by atoms with van der Waals surface area (Å²) < 4.78 is 0. The fourth-order valence-corrected chi connectivity index (χ4v) is 3.89. The van der Waals surface area contributed by atoms with E-state index in [-0.39, 0.29) is 23.7 Å². The molecule has 0 aliphatic carbocycles. The molecule has 0 radical (unpaired) electrons. The molecule has 138 valence electrons. The molecule has 1 atom stereocenters. The summed E-state index contributed by atoms with van der Waals surface area (Å²) in [6.45, 7) is 6.44. The Labute approximate surface area is 161 Å². The third-order valence-electron chi connectivity index (χ3n) is 4.22. The summed E-state index contributed by atoms with van der Waals surface area (Å²) in [6.07, 6.45) is 0.818. The zero-order valence-electron chi connectivity index (χ0n) is 15.0. The van der Waals surface area contributed by atoms with Gasteiger partial charge in [0, 0.05) is 36.0 Å². The number of carbonyl (C=O) groups excluding carboxylic acids is 2. The number of hydrogen-bond acceptors (Lipinski definition) is 5. The van der Waals surface area contributed by atoms with E-state index in [4.69, 9.17) is 11.6 Å². The molecule has 8 heteroatoms. The number of benzene rings is 1. The molecule has 0 saturated carbocycles. The van der Waals surface area contributed by atoms with Crippen LogP contribution in [-0.2, 0) is 9.59 Å². The van der Waals surface area contributed by atoms with Crippen molar-refractivity contribution < 1.29 is 9.59 Å². The quantitative estimate of drug-likeness (QED) is 0.834. The van der Waals surface area contributed by atoms with Crippen molar-refractivity contribution in [1.29, 1.82) is 0 Å². The normalized spacial score (nSPS) is 17.2. The molecule has 2 heterocycles. The lowest BCUT2D eigenvalue weighted by atomic mass is 10.1. The number of aromatic nitrogens is 2. The zero-order chi connectivity index (χ0) is 18.8. The highest BCUT2D eigenvalue weighted by Gasteiger charge is 2.34. The molecule has 26 heavy (non-hydrogen) atoms. The lowest BCUT2D eigenvalue weighted by Crippen LogP contribution is -2.24. The van der Waals surface area contributed by atoms with Gasteiger partial charge in [-0.1, -0.05) is 42.9 Å². The molecular formula is C18H21ClN4O2S. The summed E-state index contributed by atoms with van der Waals surface area (Å²) in [5.41, 5.74) is 1.77. The second-order valence-corrected chi connectivity index (χ2v) is 8.35. The lowest BCUT2D eigenvalue weighted by molar-refractivity contribution is -0.117. The fraction of sp³-hybridized carbons (Fsp3) is 0.444. The van der Waals surface area contributed by atoms with Crippen LogP contribution in [0.5, 0.6) is 0 Å².